The molecule has 13 heavy (non-hydrogen) atoms. The second-order valence-electron chi connectivity index (χ2n) is 3.32. The van der Waals surface area contributed by atoms with Crippen molar-refractivity contribution in [1.29, 1.82) is 0 Å². The second kappa shape index (κ2) is 3.28. The molecule has 0 amide bonds. The third-order valence-electron chi connectivity index (χ3n) is 1.98. The fraction of sp³-hybridized carbons (Fsp3) is 0.300. The van der Waals surface area contributed by atoms with Gasteiger partial charge in [0, 0.05) is 5.69 Å². The molecule has 0 fully saturated rings. The fourth-order valence-electron chi connectivity index (χ4n) is 1.23. The van der Waals surface area contributed by atoms with E-state index in [1.165, 1.54) is 0 Å². The van der Waals surface area contributed by atoms with E-state index in [0.717, 1.165) is 20.9 Å². The van der Waals surface area contributed by atoms with E-state index in [4.69, 9.17) is 11.6 Å². The molecule has 0 aliphatic heterocycles. The minimum atomic E-state index is 0.432. The molecule has 2 rings (SSSR count). The van der Waals surface area contributed by atoms with Crippen LogP contribution >= 0.6 is 22.9 Å². The maximum Gasteiger partial charge on any atom is 0.0828 e. The number of pyridine rings is 1. The Bertz CT molecular complexity index is 433. The molecule has 0 atom stereocenters. The highest BCUT2D eigenvalue weighted by molar-refractivity contribution is 7.17. The van der Waals surface area contributed by atoms with Crippen molar-refractivity contribution in [2.45, 2.75) is 19.8 Å². The molecule has 2 aromatic heterocycles. The van der Waals surface area contributed by atoms with Gasteiger partial charge in [-0.25, -0.2) is 0 Å². The zero-order valence-corrected chi connectivity index (χ0v) is 9.12. The van der Waals surface area contributed by atoms with Crippen molar-refractivity contribution < 1.29 is 0 Å². The molecular formula is C10H10ClNS. The van der Waals surface area contributed by atoms with Crippen LogP contribution in [0.3, 0.4) is 0 Å². The summed E-state index contributed by atoms with van der Waals surface area (Å²) in [6.07, 6.45) is 0. The van der Waals surface area contributed by atoms with Crippen LogP contribution in [0.5, 0.6) is 0 Å². The van der Waals surface area contributed by atoms with Gasteiger partial charge < -0.3 is 0 Å². The number of hydrogen-bond acceptors (Lipinski definition) is 2. The third kappa shape index (κ3) is 1.56. The first-order chi connectivity index (χ1) is 6.18. The lowest BCUT2D eigenvalue weighted by molar-refractivity contribution is 0.830. The van der Waals surface area contributed by atoms with Crippen molar-refractivity contribution in [3.8, 4) is 0 Å². The van der Waals surface area contributed by atoms with Crippen molar-refractivity contribution in [2.75, 3.05) is 0 Å². The zero-order valence-electron chi connectivity index (χ0n) is 7.54. The standard InChI is InChI=1S/C10H10ClNS/c1-6(2)9-5-7(11)10-8(12-9)3-4-13-10/h3-6H,1-2H3. The van der Waals surface area contributed by atoms with Gasteiger partial charge in [0.25, 0.3) is 0 Å². The molecule has 0 aliphatic carbocycles. The van der Waals surface area contributed by atoms with Gasteiger partial charge in [-0.1, -0.05) is 25.4 Å². The Hall–Kier alpha value is -0.600. The van der Waals surface area contributed by atoms with Crippen LogP contribution in [0.25, 0.3) is 10.2 Å². The molecule has 0 N–H and O–H groups in total. The number of fused-ring (bicyclic) bond motifs is 1. The first-order valence-electron chi connectivity index (χ1n) is 4.22. The molecule has 0 saturated carbocycles. The lowest BCUT2D eigenvalue weighted by Crippen LogP contribution is -1.91. The van der Waals surface area contributed by atoms with E-state index in [9.17, 15) is 0 Å². The Morgan fingerprint density at radius 3 is 2.92 bits per heavy atom. The summed E-state index contributed by atoms with van der Waals surface area (Å²) >= 11 is 7.76. The molecule has 0 saturated heterocycles. The summed E-state index contributed by atoms with van der Waals surface area (Å²) in [7, 11) is 0. The van der Waals surface area contributed by atoms with E-state index in [0.29, 0.717) is 5.92 Å². The predicted molar refractivity (Wildman–Crippen MR) is 58.7 cm³/mol. The van der Waals surface area contributed by atoms with Gasteiger partial charge in [0.2, 0.25) is 0 Å². The van der Waals surface area contributed by atoms with Crippen LogP contribution in [0.15, 0.2) is 17.5 Å². The van der Waals surface area contributed by atoms with Gasteiger partial charge in [-0.15, -0.1) is 11.3 Å². The summed E-state index contributed by atoms with van der Waals surface area (Å²) in [4.78, 5) is 4.52. The number of aromatic nitrogens is 1. The maximum atomic E-state index is 6.12. The molecule has 68 valence electrons. The Morgan fingerprint density at radius 1 is 1.46 bits per heavy atom. The largest absolute Gasteiger partial charge is 0.252 e. The zero-order chi connectivity index (χ0) is 9.42. The van der Waals surface area contributed by atoms with E-state index >= 15 is 0 Å². The molecule has 2 aromatic rings. The van der Waals surface area contributed by atoms with Crippen molar-refractivity contribution in [3.63, 3.8) is 0 Å². The fourth-order valence-corrected chi connectivity index (χ4v) is 2.31. The summed E-state index contributed by atoms with van der Waals surface area (Å²) in [6.45, 7) is 4.24. The molecule has 1 nitrogen and oxygen atoms in total. The van der Waals surface area contributed by atoms with Crippen LogP contribution in [0, 0.1) is 0 Å². The highest BCUT2D eigenvalue weighted by Gasteiger charge is 2.07. The Balaban J connectivity index is 2.70. The lowest BCUT2D eigenvalue weighted by atomic mass is 10.1. The molecule has 0 radical (unpaired) electrons. The Morgan fingerprint density at radius 2 is 2.23 bits per heavy atom. The summed E-state index contributed by atoms with van der Waals surface area (Å²) in [6, 6.07) is 3.98. The maximum absolute atomic E-state index is 6.12. The molecule has 0 aromatic carbocycles. The number of halogens is 1. The second-order valence-corrected chi connectivity index (χ2v) is 4.64. The first kappa shape index (κ1) is 8.97. The van der Waals surface area contributed by atoms with Gasteiger partial charge in [-0.3, -0.25) is 4.98 Å². The SMILES string of the molecule is CC(C)c1cc(Cl)c2sccc2n1. The van der Waals surface area contributed by atoms with Crippen LogP contribution in [0.2, 0.25) is 5.02 Å². The highest BCUT2D eigenvalue weighted by Crippen LogP contribution is 2.29. The predicted octanol–water partition coefficient (Wildman–Crippen LogP) is 4.07. The Labute approximate surface area is 86.4 Å². The lowest BCUT2D eigenvalue weighted by Gasteiger charge is -2.04. The Kier molecular flexibility index (Phi) is 2.26. The summed E-state index contributed by atoms with van der Waals surface area (Å²) < 4.78 is 1.09. The number of rotatable bonds is 1. The van der Waals surface area contributed by atoms with Gasteiger partial charge >= 0.3 is 0 Å². The van der Waals surface area contributed by atoms with Gasteiger partial charge in [0.1, 0.15) is 0 Å². The minimum absolute atomic E-state index is 0.432. The number of thiophene rings is 1. The van der Waals surface area contributed by atoms with Crippen molar-refractivity contribution in [3.05, 3.63) is 28.2 Å². The summed E-state index contributed by atoms with van der Waals surface area (Å²) in [5.74, 6) is 0.432. The molecule has 0 unspecified atom stereocenters. The monoisotopic (exact) mass is 211 g/mol. The normalized spacial score (nSPS) is 11.4. The average molecular weight is 212 g/mol. The molecular weight excluding hydrogens is 202 g/mol. The van der Waals surface area contributed by atoms with Crippen LogP contribution in [0.1, 0.15) is 25.5 Å². The van der Waals surface area contributed by atoms with Crippen LogP contribution in [0.4, 0.5) is 0 Å². The van der Waals surface area contributed by atoms with Gasteiger partial charge in [0.15, 0.2) is 0 Å². The van der Waals surface area contributed by atoms with Gasteiger partial charge in [0.05, 0.1) is 15.2 Å². The van der Waals surface area contributed by atoms with Crippen molar-refractivity contribution >= 4 is 33.2 Å². The number of nitrogens with zero attached hydrogens (tertiary/aromatic N) is 1. The van der Waals surface area contributed by atoms with Crippen molar-refractivity contribution in [1.82, 2.24) is 4.98 Å². The van der Waals surface area contributed by atoms with E-state index in [-0.39, 0.29) is 0 Å². The molecule has 0 spiro atoms. The van der Waals surface area contributed by atoms with E-state index in [1.54, 1.807) is 11.3 Å². The van der Waals surface area contributed by atoms with Crippen LogP contribution in [-0.4, -0.2) is 4.98 Å². The van der Waals surface area contributed by atoms with E-state index < -0.39 is 0 Å². The average Bonchev–Trinajstić information content (AvgIpc) is 2.51. The third-order valence-corrected chi connectivity index (χ3v) is 3.32. The van der Waals surface area contributed by atoms with Gasteiger partial charge in [-0.05, 0) is 23.4 Å². The van der Waals surface area contributed by atoms with Crippen LogP contribution in [-0.2, 0) is 0 Å². The van der Waals surface area contributed by atoms with Gasteiger partial charge in [-0.2, -0.15) is 0 Å². The first-order valence-corrected chi connectivity index (χ1v) is 5.48. The molecule has 3 heteroatoms. The summed E-state index contributed by atoms with van der Waals surface area (Å²) in [5.41, 5.74) is 2.08. The highest BCUT2D eigenvalue weighted by atomic mass is 35.5. The number of hydrogen-bond donors (Lipinski definition) is 0. The smallest absolute Gasteiger partial charge is 0.0828 e. The molecule has 0 bridgehead atoms. The minimum Gasteiger partial charge on any atom is -0.252 e. The van der Waals surface area contributed by atoms with Crippen molar-refractivity contribution in [2.24, 2.45) is 0 Å². The van der Waals surface area contributed by atoms with E-state index in [1.807, 2.05) is 17.5 Å². The quantitative estimate of drug-likeness (QED) is 0.693. The molecule has 2 heterocycles. The molecule has 0 aliphatic rings. The van der Waals surface area contributed by atoms with Crippen LogP contribution < -0.4 is 0 Å². The van der Waals surface area contributed by atoms with E-state index in [2.05, 4.69) is 18.8 Å². The summed E-state index contributed by atoms with van der Waals surface area (Å²) in [5, 5.41) is 2.84. The topological polar surface area (TPSA) is 12.9 Å².